The number of aliphatic imine (C=N–C) groups is 1. The molecule has 4 aromatic rings. The number of allylic oxidation sites excluding steroid dienone is 1. The van der Waals surface area contributed by atoms with E-state index in [-0.39, 0.29) is 6.54 Å². The molecule has 0 saturated heterocycles. The van der Waals surface area contributed by atoms with Gasteiger partial charge in [-0.3, -0.25) is 4.99 Å². The third-order valence-electron chi connectivity index (χ3n) is 6.49. The van der Waals surface area contributed by atoms with E-state index in [4.69, 9.17) is 9.47 Å². The predicted molar refractivity (Wildman–Crippen MR) is 160 cm³/mol. The molecule has 210 valence electrons. The second-order valence-electron chi connectivity index (χ2n) is 9.38. The number of rotatable bonds is 11. The summed E-state index contributed by atoms with van der Waals surface area (Å²) in [6.45, 7) is 5.94. The van der Waals surface area contributed by atoms with Crippen LogP contribution in [-0.2, 0) is 23.8 Å². The molecule has 0 radical (unpaired) electrons. The molecule has 0 amide bonds. The van der Waals surface area contributed by atoms with Crippen molar-refractivity contribution in [2.75, 3.05) is 33.2 Å². The second-order valence-corrected chi connectivity index (χ2v) is 11.4. The smallest absolute Gasteiger partial charge is 0.308 e. The maximum atomic E-state index is 13.0. The third-order valence-corrected chi connectivity index (χ3v) is 8.24. The summed E-state index contributed by atoms with van der Waals surface area (Å²) in [5, 5.41) is 0. The van der Waals surface area contributed by atoms with Gasteiger partial charge in [-0.25, -0.2) is 8.96 Å². The normalized spacial score (nSPS) is 12.0. The van der Waals surface area contributed by atoms with Crippen LogP contribution in [0.4, 0.5) is 17.1 Å². The van der Waals surface area contributed by atoms with Gasteiger partial charge in [-0.05, 0) is 55.1 Å². The Morgan fingerprint density at radius 3 is 2.33 bits per heavy atom. The van der Waals surface area contributed by atoms with E-state index in [9.17, 15) is 8.42 Å². The molecule has 0 N–H and O–H groups in total. The number of hydrogen-bond donors (Lipinski definition) is 0. The van der Waals surface area contributed by atoms with Gasteiger partial charge in [-0.1, -0.05) is 0 Å². The summed E-state index contributed by atoms with van der Waals surface area (Å²) in [5.41, 5.74) is 5.24. The number of aryl methyl sites for hydroxylation is 1. The fourth-order valence-corrected chi connectivity index (χ4v) is 5.19. The van der Waals surface area contributed by atoms with E-state index in [1.807, 2.05) is 60.0 Å². The maximum Gasteiger partial charge on any atom is 0.308 e. The lowest BCUT2D eigenvalue weighted by Crippen LogP contribution is -2.31. The van der Waals surface area contributed by atoms with E-state index in [1.54, 1.807) is 20.3 Å². The summed E-state index contributed by atoms with van der Waals surface area (Å²) >= 11 is 0. The van der Waals surface area contributed by atoms with Gasteiger partial charge in [0.2, 0.25) is 0 Å². The lowest BCUT2D eigenvalue weighted by molar-refractivity contribution is 0.394. The average molecular weight is 563 g/mol. The van der Waals surface area contributed by atoms with Crippen LogP contribution in [0.1, 0.15) is 23.9 Å². The van der Waals surface area contributed by atoms with Gasteiger partial charge in [0.1, 0.15) is 17.3 Å². The highest BCUT2D eigenvalue weighted by Gasteiger charge is 2.23. The van der Waals surface area contributed by atoms with Crippen LogP contribution in [-0.4, -0.2) is 61.3 Å². The molecule has 4 rings (SSSR count). The monoisotopic (exact) mass is 562 g/mol. The van der Waals surface area contributed by atoms with E-state index in [2.05, 4.69) is 35.0 Å². The van der Waals surface area contributed by atoms with Gasteiger partial charge in [0.15, 0.2) is 0 Å². The summed E-state index contributed by atoms with van der Waals surface area (Å²) in [4.78, 5) is 10.6. The highest BCUT2D eigenvalue weighted by Crippen LogP contribution is 2.37. The molecule has 0 aliphatic rings. The molecule has 0 bridgehead atoms. The summed E-state index contributed by atoms with van der Waals surface area (Å²) < 4.78 is 41.4. The second kappa shape index (κ2) is 11.8. The van der Waals surface area contributed by atoms with Gasteiger partial charge in [-0.15, -0.1) is 0 Å². The van der Waals surface area contributed by atoms with Crippen LogP contribution in [0.3, 0.4) is 0 Å². The van der Waals surface area contributed by atoms with E-state index in [0.717, 1.165) is 38.1 Å². The van der Waals surface area contributed by atoms with Crippen molar-refractivity contribution in [1.29, 1.82) is 0 Å². The molecule has 0 unspecified atom stereocenters. The fourth-order valence-electron chi connectivity index (χ4n) is 4.26. The molecule has 11 heteroatoms. The minimum absolute atomic E-state index is 0.137. The van der Waals surface area contributed by atoms with E-state index in [1.165, 1.54) is 30.5 Å². The standard InChI is InChI=1S/C29H34N6O4S/c1-21(22-10-12-33(5)19-22)14-23-15-24(8-9-28(23)30-2)34(25-16-26(38-6)18-27(17-25)39-7)20-29-31-11-13-35(29)40(36,37)32(3)4/h8-19H,2,20H2,1,3-7H3/b21-14+. The molecule has 0 spiro atoms. The Labute approximate surface area is 235 Å². The molecular formula is C29H34N6O4S. The quantitative estimate of drug-likeness (QED) is 0.236. The number of imidazole rings is 1. The molecule has 2 aromatic heterocycles. The third kappa shape index (κ3) is 5.95. The number of hydrogen-bond acceptors (Lipinski definition) is 7. The van der Waals surface area contributed by atoms with E-state index in [0.29, 0.717) is 17.3 Å². The number of methoxy groups -OCH3 is 2. The Hall–Kier alpha value is -4.35. The largest absolute Gasteiger partial charge is 0.497 e. The van der Waals surface area contributed by atoms with Gasteiger partial charge < -0.3 is 18.9 Å². The maximum absolute atomic E-state index is 13.0. The van der Waals surface area contributed by atoms with Crippen LogP contribution in [0, 0.1) is 0 Å². The Morgan fingerprint density at radius 1 is 1.05 bits per heavy atom. The number of anilines is 2. The first-order chi connectivity index (χ1) is 19.1. The molecular weight excluding hydrogens is 528 g/mol. The Bertz CT molecular complexity index is 1630. The van der Waals surface area contributed by atoms with Gasteiger partial charge in [0, 0.05) is 81.1 Å². The van der Waals surface area contributed by atoms with Gasteiger partial charge >= 0.3 is 10.2 Å². The molecule has 0 aliphatic heterocycles. The number of nitrogens with zero attached hydrogens (tertiary/aromatic N) is 6. The van der Waals surface area contributed by atoms with Crippen LogP contribution in [0.25, 0.3) is 11.6 Å². The molecule has 0 atom stereocenters. The zero-order chi connectivity index (χ0) is 29.0. The highest BCUT2D eigenvalue weighted by molar-refractivity contribution is 7.87. The Kier molecular flexibility index (Phi) is 8.46. The zero-order valence-corrected chi connectivity index (χ0v) is 24.4. The minimum Gasteiger partial charge on any atom is -0.497 e. The first kappa shape index (κ1) is 28.7. The summed E-state index contributed by atoms with van der Waals surface area (Å²) in [6.07, 6.45) is 9.03. The van der Waals surface area contributed by atoms with Crippen LogP contribution < -0.4 is 14.4 Å². The lowest BCUT2D eigenvalue weighted by atomic mass is 10.0. The topological polar surface area (TPSA) is 94.2 Å². The highest BCUT2D eigenvalue weighted by atomic mass is 32.2. The van der Waals surface area contributed by atoms with Crippen molar-refractivity contribution >= 4 is 45.6 Å². The predicted octanol–water partition coefficient (Wildman–Crippen LogP) is 5.12. The van der Waals surface area contributed by atoms with Crippen LogP contribution in [0.2, 0.25) is 0 Å². The molecule has 2 heterocycles. The van der Waals surface area contributed by atoms with Crippen molar-refractivity contribution in [1.82, 2.24) is 17.8 Å². The summed E-state index contributed by atoms with van der Waals surface area (Å²) in [7, 11) is 4.33. The van der Waals surface area contributed by atoms with E-state index < -0.39 is 10.2 Å². The van der Waals surface area contributed by atoms with Gasteiger partial charge in [0.05, 0.1) is 26.5 Å². The van der Waals surface area contributed by atoms with Crippen molar-refractivity contribution in [3.63, 3.8) is 0 Å². The van der Waals surface area contributed by atoms with Crippen molar-refractivity contribution in [3.05, 3.63) is 84.2 Å². The SMILES string of the molecule is C=Nc1ccc(N(Cc2nccn2S(=O)(=O)N(C)C)c2cc(OC)cc(OC)c2)cc1/C=C(\C)c1ccn(C)c1. The fraction of sp³-hybridized carbons (Fsp3) is 0.241. The van der Waals surface area contributed by atoms with Crippen molar-refractivity contribution in [2.45, 2.75) is 13.5 Å². The molecule has 2 aromatic carbocycles. The number of aromatic nitrogens is 3. The minimum atomic E-state index is -3.79. The summed E-state index contributed by atoms with van der Waals surface area (Å²) in [5.74, 6) is 1.51. The Balaban J connectivity index is 1.88. The van der Waals surface area contributed by atoms with Gasteiger partial charge in [0.25, 0.3) is 0 Å². The first-order valence-electron chi connectivity index (χ1n) is 12.4. The average Bonchev–Trinajstić information content (AvgIpc) is 3.60. The van der Waals surface area contributed by atoms with Crippen LogP contribution >= 0.6 is 0 Å². The Morgan fingerprint density at radius 2 is 1.75 bits per heavy atom. The molecule has 10 nitrogen and oxygen atoms in total. The van der Waals surface area contributed by atoms with Gasteiger partial charge in [-0.2, -0.15) is 12.7 Å². The zero-order valence-electron chi connectivity index (χ0n) is 23.6. The molecule has 0 fully saturated rings. The molecule has 0 aliphatic carbocycles. The molecule has 40 heavy (non-hydrogen) atoms. The van der Waals surface area contributed by atoms with Crippen molar-refractivity contribution < 1.29 is 17.9 Å². The van der Waals surface area contributed by atoms with Crippen molar-refractivity contribution in [3.8, 4) is 11.5 Å². The van der Waals surface area contributed by atoms with Crippen LogP contribution in [0.5, 0.6) is 11.5 Å². The van der Waals surface area contributed by atoms with Crippen molar-refractivity contribution in [2.24, 2.45) is 12.0 Å². The van der Waals surface area contributed by atoms with E-state index >= 15 is 0 Å². The number of ether oxygens (including phenoxy) is 2. The molecule has 0 saturated carbocycles. The lowest BCUT2D eigenvalue weighted by Gasteiger charge is -2.27. The number of benzene rings is 2. The summed E-state index contributed by atoms with van der Waals surface area (Å²) in [6, 6.07) is 13.4. The first-order valence-corrected chi connectivity index (χ1v) is 13.8. The van der Waals surface area contributed by atoms with Crippen LogP contribution in [0.15, 0.2) is 72.2 Å².